The Hall–Kier alpha value is -1.80. The van der Waals surface area contributed by atoms with Crippen LogP contribution in [0.2, 0.25) is 0 Å². The molecule has 0 aliphatic carbocycles. The van der Waals surface area contributed by atoms with Crippen LogP contribution in [0.15, 0.2) is 48.5 Å². The molecule has 2 aromatic rings. The number of nitrogens with one attached hydrogen (secondary N) is 1. The molecule has 0 aromatic heterocycles. The zero-order valence-electron chi connectivity index (χ0n) is 12.5. The summed E-state index contributed by atoms with van der Waals surface area (Å²) in [5.74, 6) is 0.417. The Morgan fingerprint density at radius 2 is 1.60 bits per heavy atom. The number of aromatic hydroxyl groups is 1. The molecule has 0 heterocycles. The minimum Gasteiger partial charge on any atom is -0.507 e. The van der Waals surface area contributed by atoms with E-state index in [4.69, 9.17) is 0 Å². The molecule has 0 amide bonds. The molecular weight excluding hydrogens is 246 g/mol. The molecule has 20 heavy (non-hydrogen) atoms. The van der Waals surface area contributed by atoms with Gasteiger partial charge in [-0.15, -0.1) is 0 Å². The van der Waals surface area contributed by atoms with Gasteiger partial charge in [0, 0.05) is 18.7 Å². The van der Waals surface area contributed by atoms with Crippen molar-refractivity contribution in [3.8, 4) is 5.75 Å². The topological polar surface area (TPSA) is 32.3 Å². The van der Waals surface area contributed by atoms with E-state index in [-0.39, 0.29) is 5.41 Å². The van der Waals surface area contributed by atoms with E-state index < -0.39 is 0 Å². The van der Waals surface area contributed by atoms with E-state index in [0.717, 1.165) is 17.7 Å². The van der Waals surface area contributed by atoms with Crippen LogP contribution in [0.5, 0.6) is 5.75 Å². The molecule has 2 heteroatoms. The maximum Gasteiger partial charge on any atom is 0.123 e. The zero-order valence-corrected chi connectivity index (χ0v) is 12.5. The Bertz CT molecular complexity index is 555. The first-order valence-corrected chi connectivity index (χ1v) is 7.04. The fourth-order valence-corrected chi connectivity index (χ4v) is 2.28. The highest BCUT2D eigenvalue weighted by Gasteiger charge is 2.19. The van der Waals surface area contributed by atoms with Gasteiger partial charge in [0.15, 0.2) is 0 Å². The molecule has 0 bridgehead atoms. The molecule has 2 aromatic carbocycles. The van der Waals surface area contributed by atoms with Gasteiger partial charge < -0.3 is 10.4 Å². The van der Waals surface area contributed by atoms with E-state index in [1.165, 1.54) is 5.56 Å². The van der Waals surface area contributed by atoms with Crippen LogP contribution in [-0.4, -0.2) is 5.11 Å². The summed E-state index contributed by atoms with van der Waals surface area (Å²) in [6.07, 6.45) is 0. The van der Waals surface area contributed by atoms with Crippen LogP contribution >= 0.6 is 0 Å². The fourth-order valence-electron chi connectivity index (χ4n) is 2.28. The summed E-state index contributed by atoms with van der Waals surface area (Å²) in [7, 11) is 0. The summed E-state index contributed by atoms with van der Waals surface area (Å²) in [6.45, 7) is 7.82. The number of hydrogen-bond acceptors (Lipinski definition) is 2. The highest BCUT2D eigenvalue weighted by atomic mass is 16.3. The first kappa shape index (κ1) is 14.6. The monoisotopic (exact) mass is 269 g/mol. The van der Waals surface area contributed by atoms with Gasteiger partial charge in [0.1, 0.15) is 5.75 Å². The highest BCUT2D eigenvalue weighted by molar-refractivity contribution is 5.43. The molecule has 0 fully saturated rings. The van der Waals surface area contributed by atoms with E-state index in [9.17, 15) is 5.11 Å². The van der Waals surface area contributed by atoms with Gasteiger partial charge in [-0.1, -0.05) is 69.3 Å². The van der Waals surface area contributed by atoms with Gasteiger partial charge in [0.25, 0.3) is 0 Å². The van der Waals surface area contributed by atoms with Gasteiger partial charge in [-0.25, -0.2) is 0 Å². The van der Waals surface area contributed by atoms with Crippen molar-refractivity contribution in [2.75, 3.05) is 0 Å². The number of phenols is 1. The lowest BCUT2D eigenvalue weighted by atomic mass is 9.85. The van der Waals surface area contributed by atoms with E-state index in [1.54, 1.807) is 0 Å². The molecule has 0 aliphatic heterocycles. The van der Waals surface area contributed by atoms with Crippen LogP contribution in [0, 0.1) is 0 Å². The van der Waals surface area contributed by atoms with E-state index in [0.29, 0.717) is 12.3 Å². The molecule has 0 radical (unpaired) electrons. The summed E-state index contributed by atoms with van der Waals surface area (Å²) >= 11 is 0. The zero-order chi connectivity index (χ0) is 14.6. The predicted molar refractivity (Wildman–Crippen MR) is 83.8 cm³/mol. The van der Waals surface area contributed by atoms with Crippen LogP contribution in [-0.2, 0) is 18.5 Å². The smallest absolute Gasteiger partial charge is 0.123 e. The van der Waals surface area contributed by atoms with Crippen molar-refractivity contribution < 1.29 is 5.11 Å². The van der Waals surface area contributed by atoms with Crippen LogP contribution in [0.25, 0.3) is 0 Å². The SMILES string of the molecule is CC(C)(C)c1cccc(CNCc2ccccc2)c1O. The molecule has 0 aliphatic rings. The first-order chi connectivity index (χ1) is 9.48. The molecule has 106 valence electrons. The third-order valence-electron chi connectivity index (χ3n) is 3.41. The van der Waals surface area contributed by atoms with Crippen molar-refractivity contribution in [2.24, 2.45) is 0 Å². The molecular formula is C18H23NO. The van der Waals surface area contributed by atoms with Crippen molar-refractivity contribution in [2.45, 2.75) is 39.3 Å². The third kappa shape index (κ3) is 3.61. The third-order valence-corrected chi connectivity index (χ3v) is 3.41. The summed E-state index contributed by atoms with van der Waals surface area (Å²) < 4.78 is 0. The summed E-state index contributed by atoms with van der Waals surface area (Å²) in [6, 6.07) is 16.3. The van der Waals surface area contributed by atoms with Gasteiger partial charge in [-0.05, 0) is 16.5 Å². The number of benzene rings is 2. The van der Waals surface area contributed by atoms with Crippen molar-refractivity contribution in [3.63, 3.8) is 0 Å². The summed E-state index contributed by atoms with van der Waals surface area (Å²) in [5, 5.41) is 13.8. The number of phenolic OH excluding ortho intramolecular Hbond substituents is 1. The summed E-state index contributed by atoms with van der Waals surface area (Å²) in [4.78, 5) is 0. The minimum atomic E-state index is -0.0421. The van der Waals surface area contributed by atoms with Crippen molar-refractivity contribution in [1.29, 1.82) is 0 Å². The largest absolute Gasteiger partial charge is 0.507 e. The van der Waals surface area contributed by atoms with Crippen LogP contribution in [0.1, 0.15) is 37.5 Å². The van der Waals surface area contributed by atoms with Crippen molar-refractivity contribution in [1.82, 2.24) is 5.32 Å². The Kier molecular flexibility index (Phi) is 4.46. The van der Waals surface area contributed by atoms with Crippen molar-refractivity contribution in [3.05, 3.63) is 65.2 Å². The molecule has 0 unspecified atom stereocenters. The average molecular weight is 269 g/mol. The number of para-hydroxylation sites is 1. The molecule has 2 N–H and O–H groups in total. The van der Waals surface area contributed by atoms with Gasteiger partial charge >= 0.3 is 0 Å². The Labute approximate surface area is 121 Å². The second kappa shape index (κ2) is 6.10. The average Bonchev–Trinajstić information content (AvgIpc) is 2.40. The van der Waals surface area contributed by atoms with Crippen LogP contribution in [0.3, 0.4) is 0 Å². The molecule has 2 nitrogen and oxygen atoms in total. The van der Waals surface area contributed by atoms with E-state index in [1.807, 2.05) is 36.4 Å². The van der Waals surface area contributed by atoms with E-state index >= 15 is 0 Å². The van der Waals surface area contributed by atoms with E-state index in [2.05, 4.69) is 38.2 Å². The number of hydrogen-bond donors (Lipinski definition) is 2. The lowest BCUT2D eigenvalue weighted by Crippen LogP contribution is -2.15. The van der Waals surface area contributed by atoms with Crippen LogP contribution in [0.4, 0.5) is 0 Å². The molecule has 0 spiro atoms. The van der Waals surface area contributed by atoms with Crippen molar-refractivity contribution >= 4 is 0 Å². The Morgan fingerprint density at radius 1 is 0.900 bits per heavy atom. The Balaban J connectivity index is 2.04. The quantitative estimate of drug-likeness (QED) is 0.880. The maximum atomic E-state index is 10.4. The molecule has 0 saturated heterocycles. The maximum absolute atomic E-state index is 10.4. The molecule has 0 saturated carbocycles. The van der Waals surface area contributed by atoms with Gasteiger partial charge in [0.05, 0.1) is 0 Å². The first-order valence-electron chi connectivity index (χ1n) is 7.04. The minimum absolute atomic E-state index is 0.0421. The second-order valence-electron chi connectivity index (χ2n) is 6.15. The molecule has 2 rings (SSSR count). The Morgan fingerprint density at radius 3 is 2.25 bits per heavy atom. The van der Waals surface area contributed by atoms with Gasteiger partial charge in [-0.2, -0.15) is 0 Å². The van der Waals surface area contributed by atoms with Gasteiger partial charge in [-0.3, -0.25) is 0 Å². The lowest BCUT2D eigenvalue weighted by molar-refractivity contribution is 0.437. The predicted octanol–water partition coefficient (Wildman–Crippen LogP) is 3.98. The molecule has 0 atom stereocenters. The van der Waals surface area contributed by atoms with Gasteiger partial charge in [0.2, 0.25) is 0 Å². The number of rotatable bonds is 4. The standard InChI is InChI=1S/C18H23NO/c1-18(2,3)16-11-7-10-15(17(16)20)13-19-12-14-8-5-4-6-9-14/h4-11,19-20H,12-13H2,1-3H3. The van der Waals surface area contributed by atoms with Crippen LogP contribution < -0.4 is 5.32 Å². The second-order valence-corrected chi connectivity index (χ2v) is 6.15. The normalized spacial score (nSPS) is 11.6. The lowest BCUT2D eigenvalue weighted by Gasteiger charge is -2.22. The fraction of sp³-hybridized carbons (Fsp3) is 0.333. The summed E-state index contributed by atoms with van der Waals surface area (Å²) in [5.41, 5.74) is 3.16. The highest BCUT2D eigenvalue weighted by Crippen LogP contribution is 2.32.